The summed E-state index contributed by atoms with van der Waals surface area (Å²) in [4.78, 5) is 11.3. The summed E-state index contributed by atoms with van der Waals surface area (Å²) in [5.74, 6) is -0.962. The van der Waals surface area contributed by atoms with Gasteiger partial charge in [-0.1, -0.05) is 24.3 Å². The molecule has 1 unspecified atom stereocenters. The summed E-state index contributed by atoms with van der Waals surface area (Å²) in [6.45, 7) is 2.41. The van der Waals surface area contributed by atoms with E-state index in [-0.39, 0.29) is 16.5 Å². The van der Waals surface area contributed by atoms with Crippen molar-refractivity contribution in [3.05, 3.63) is 65.2 Å². The van der Waals surface area contributed by atoms with E-state index < -0.39 is 16.0 Å². The Balaban J connectivity index is 2.13. The first-order valence-corrected chi connectivity index (χ1v) is 9.24. The molecule has 0 heterocycles. The van der Waals surface area contributed by atoms with Crippen LogP contribution < -0.4 is 5.32 Å². The molecule has 0 saturated heterocycles. The number of sulfonamides is 1. The van der Waals surface area contributed by atoms with Crippen LogP contribution in [-0.2, 0) is 16.6 Å². The fourth-order valence-electron chi connectivity index (χ4n) is 2.36. The second-order valence-corrected chi connectivity index (χ2v) is 8.12. The maximum absolute atomic E-state index is 12.2. The number of carboxylic acid groups (broad SMARTS) is 1. The first-order valence-electron chi connectivity index (χ1n) is 7.80. The minimum absolute atomic E-state index is 0.0919. The highest BCUT2D eigenvalue weighted by Crippen LogP contribution is 2.20. The molecule has 6 nitrogen and oxygen atoms in total. The van der Waals surface area contributed by atoms with Crippen LogP contribution in [0.25, 0.3) is 0 Å². The molecule has 1 atom stereocenters. The zero-order chi connectivity index (χ0) is 18.6. The third-order valence-corrected chi connectivity index (χ3v) is 5.73. The van der Waals surface area contributed by atoms with Crippen LogP contribution in [0, 0.1) is 0 Å². The molecular weight excluding hydrogens is 340 g/mol. The zero-order valence-corrected chi connectivity index (χ0v) is 15.2. The Morgan fingerprint density at radius 2 is 1.84 bits per heavy atom. The molecule has 7 heteroatoms. The van der Waals surface area contributed by atoms with Gasteiger partial charge >= 0.3 is 5.97 Å². The van der Waals surface area contributed by atoms with Gasteiger partial charge in [-0.25, -0.2) is 17.5 Å². The van der Waals surface area contributed by atoms with Gasteiger partial charge in [-0.05, 0) is 42.3 Å². The van der Waals surface area contributed by atoms with Gasteiger partial charge in [-0.2, -0.15) is 0 Å². The molecular formula is C18H22N2O4S. The summed E-state index contributed by atoms with van der Waals surface area (Å²) in [5, 5.41) is 12.3. The van der Waals surface area contributed by atoms with Gasteiger partial charge in [-0.15, -0.1) is 0 Å². The molecule has 2 rings (SSSR count). The maximum Gasteiger partial charge on any atom is 0.335 e. The van der Waals surface area contributed by atoms with E-state index in [9.17, 15) is 13.2 Å². The first kappa shape index (κ1) is 19.1. The topological polar surface area (TPSA) is 86.7 Å². The van der Waals surface area contributed by atoms with Gasteiger partial charge in [-0.3, -0.25) is 0 Å². The third kappa shape index (κ3) is 4.66. The normalized spacial score (nSPS) is 13.0. The molecule has 2 N–H and O–H groups in total. The number of aromatic carboxylic acids is 1. The fraction of sp³-hybridized carbons (Fsp3) is 0.278. The molecule has 0 fully saturated rings. The lowest BCUT2D eigenvalue weighted by molar-refractivity contribution is 0.0696. The van der Waals surface area contributed by atoms with Gasteiger partial charge in [0.2, 0.25) is 10.0 Å². The summed E-state index contributed by atoms with van der Waals surface area (Å²) >= 11 is 0. The number of carboxylic acids is 1. The van der Waals surface area contributed by atoms with Gasteiger partial charge in [0.1, 0.15) is 0 Å². The number of benzene rings is 2. The van der Waals surface area contributed by atoms with Gasteiger partial charge in [0.05, 0.1) is 10.5 Å². The number of hydrogen-bond acceptors (Lipinski definition) is 4. The predicted molar refractivity (Wildman–Crippen MR) is 96.0 cm³/mol. The van der Waals surface area contributed by atoms with Crippen LogP contribution >= 0.6 is 0 Å². The minimum Gasteiger partial charge on any atom is -0.478 e. The quantitative estimate of drug-likeness (QED) is 0.790. The number of hydrogen-bond donors (Lipinski definition) is 2. The van der Waals surface area contributed by atoms with E-state index in [4.69, 9.17) is 5.11 Å². The lowest BCUT2D eigenvalue weighted by atomic mass is 10.1. The lowest BCUT2D eigenvalue weighted by Gasteiger charge is -2.17. The minimum atomic E-state index is -3.47. The molecule has 0 aliphatic rings. The van der Waals surface area contributed by atoms with Crippen LogP contribution in [-0.4, -0.2) is 37.9 Å². The highest BCUT2D eigenvalue weighted by Gasteiger charge is 2.18. The predicted octanol–water partition coefficient (Wildman–Crippen LogP) is 2.49. The van der Waals surface area contributed by atoms with Crippen LogP contribution in [0.4, 0.5) is 0 Å². The fourth-order valence-corrected chi connectivity index (χ4v) is 3.32. The van der Waals surface area contributed by atoms with Gasteiger partial charge in [0.15, 0.2) is 0 Å². The van der Waals surface area contributed by atoms with Crippen molar-refractivity contribution in [2.75, 3.05) is 14.1 Å². The summed E-state index contributed by atoms with van der Waals surface area (Å²) in [7, 11) is -0.477. The van der Waals surface area contributed by atoms with E-state index in [1.165, 1.54) is 18.4 Å². The average Bonchev–Trinajstić information content (AvgIpc) is 2.59. The van der Waals surface area contributed by atoms with Crippen molar-refractivity contribution in [1.82, 2.24) is 9.62 Å². The molecule has 0 aromatic heterocycles. The van der Waals surface area contributed by atoms with Crippen LogP contribution in [0.2, 0.25) is 0 Å². The molecule has 0 bridgehead atoms. The van der Waals surface area contributed by atoms with E-state index >= 15 is 0 Å². The Bertz CT molecular complexity index is 863. The lowest BCUT2D eigenvalue weighted by Crippen LogP contribution is -2.23. The van der Waals surface area contributed by atoms with Gasteiger partial charge < -0.3 is 10.4 Å². The molecule has 0 spiro atoms. The van der Waals surface area contributed by atoms with E-state index in [0.717, 1.165) is 11.1 Å². The molecule has 2 aromatic rings. The SMILES string of the molecule is CC(NCc1cccc(C(=O)O)c1)c1cccc(S(=O)(=O)N(C)C)c1. The largest absolute Gasteiger partial charge is 0.478 e. The Labute approximate surface area is 148 Å². The summed E-state index contributed by atoms with van der Waals surface area (Å²) in [6, 6.07) is 13.4. The van der Waals surface area contributed by atoms with Crippen molar-refractivity contribution in [2.24, 2.45) is 0 Å². The number of rotatable bonds is 7. The molecule has 0 amide bonds. The summed E-state index contributed by atoms with van der Waals surface area (Å²) < 4.78 is 25.7. The summed E-state index contributed by atoms with van der Waals surface area (Å²) in [6.07, 6.45) is 0. The molecule has 0 aliphatic heterocycles. The standard InChI is InChI=1S/C18H22N2O4S/c1-13(19-12-14-6-4-8-16(10-14)18(21)22)15-7-5-9-17(11-15)25(23,24)20(2)3/h4-11,13,19H,12H2,1-3H3,(H,21,22). The van der Waals surface area contributed by atoms with Crippen molar-refractivity contribution < 1.29 is 18.3 Å². The van der Waals surface area contributed by atoms with E-state index in [1.54, 1.807) is 36.4 Å². The summed E-state index contributed by atoms with van der Waals surface area (Å²) in [5.41, 5.74) is 1.94. The monoisotopic (exact) mass is 362 g/mol. The van der Waals surface area contributed by atoms with Crippen molar-refractivity contribution in [1.29, 1.82) is 0 Å². The average molecular weight is 362 g/mol. The molecule has 0 aliphatic carbocycles. The third-order valence-electron chi connectivity index (χ3n) is 3.92. The van der Waals surface area contributed by atoms with Gasteiger partial charge in [0, 0.05) is 26.7 Å². The van der Waals surface area contributed by atoms with Crippen LogP contribution in [0.5, 0.6) is 0 Å². The van der Waals surface area contributed by atoms with Crippen molar-refractivity contribution in [3.8, 4) is 0 Å². The second-order valence-electron chi connectivity index (χ2n) is 5.97. The second kappa shape index (κ2) is 7.77. The highest BCUT2D eigenvalue weighted by atomic mass is 32.2. The highest BCUT2D eigenvalue weighted by molar-refractivity contribution is 7.89. The van der Waals surface area contributed by atoms with E-state index in [1.807, 2.05) is 19.1 Å². The van der Waals surface area contributed by atoms with Crippen LogP contribution in [0.15, 0.2) is 53.4 Å². The zero-order valence-electron chi connectivity index (χ0n) is 14.4. The van der Waals surface area contributed by atoms with E-state index in [2.05, 4.69) is 5.32 Å². The number of carbonyl (C=O) groups is 1. The molecule has 2 aromatic carbocycles. The molecule has 134 valence electrons. The smallest absolute Gasteiger partial charge is 0.335 e. The Hall–Kier alpha value is -2.22. The van der Waals surface area contributed by atoms with Crippen LogP contribution in [0.1, 0.15) is 34.5 Å². The molecule has 0 saturated carbocycles. The van der Waals surface area contributed by atoms with Crippen molar-refractivity contribution >= 4 is 16.0 Å². The Kier molecular flexibility index (Phi) is 5.94. The number of nitrogens with zero attached hydrogens (tertiary/aromatic N) is 1. The first-order chi connectivity index (χ1) is 11.7. The van der Waals surface area contributed by atoms with Crippen molar-refractivity contribution in [3.63, 3.8) is 0 Å². The molecule has 0 radical (unpaired) electrons. The van der Waals surface area contributed by atoms with Crippen LogP contribution in [0.3, 0.4) is 0 Å². The Morgan fingerprint density at radius 3 is 2.48 bits per heavy atom. The Morgan fingerprint density at radius 1 is 1.16 bits per heavy atom. The molecule has 25 heavy (non-hydrogen) atoms. The van der Waals surface area contributed by atoms with E-state index in [0.29, 0.717) is 6.54 Å². The maximum atomic E-state index is 12.2. The van der Waals surface area contributed by atoms with Crippen molar-refractivity contribution in [2.45, 2.75) is 24.4 Å². The van der Waals surface area contributed by atoms with Gasteiger partial charge in [0.25, 0.3) is 0 Å². The number of nitrogens with one attached hydrogen (secondary N) is 1.